The lowest BCUT2D eigenvalue weighted by Crippen LogP contribution is -2.10. The summed E-state index contributed by atoms with van der Waals surface area (Å²) in [6.07, 6.45) is 4.41. The monoisotopic (exact) mass is 432 g/mol. The lowest BCUT2D eigenvalue weighted by atomic mass is 10.1. The lowest BCUT2D eigenvalue weighted by Gasteiger charge is -2.14. The molecule has 7 heteroatoms. The Morgan fingerprint density at radius 3 is 2.47 bits per heavy atom. The van der Waals surface area contributed by atoms with Gasteiger partial charge in [-0.1, -0.05) is 35.9 Å². The molecule has 0 aliphatic rings. The maximum atomic E-state index is 13.7. The van der Waals surface area contributed by atoms with E-state index < -0.39 is 17.3 Å². The van der Waals surface area contributed by atoms with Crippen molar-refractivity contribution in [1.82, 2.24) is 4.98 Å². The molecular weight excluding hydrogens is 413 g/mol. The topological polar surface area (TPSA) is 34.1 Å². The van der Waals surface area contributed by atoms with Crippen molar-refractivity contribution >= 4 is 29.1 Å². The van der Waals surface area contributed by atoms with Crippen molar-refractivity contribution in [3.8, 4) is 5.75 Å². The van der Waals surface area contributed by atoms with Crippen LogP contribution in [0.1, 0.15) is 23.7 Å². The Morgan fingerprint density at radius 2 is 1.80 bits per heavy atom. The number of nitrogens with zero attached hydrogens (tertiary/aromatic N) is 1. The summed E-state index contributed by atoms with van der Waals surface area (Å²) in [5.41, 5.74) is 1.93. The summed E-state index contributed by atoms with van der Waals surface area (Å²) >= 11 is 6.11. The van der Waals surface area contributed by atoms with Gasteiger partial charge in [0.2, 0.25) is 0 Å². The Bertz CT molecular complexity index is 1050. The fourth-order valence-corrected chi connectivity index (χ4v) is 3.09. The number of pyridine rings is 1. The average Bonchev–Trinajstić information content (AvgIpc) is 2.69. The number of rotatable bonds is 7. The Hall–Kier alpha value is -2.99. The average molecular weight is 433 g/mol. The summed E-state index contributed by atoms with van der Waals surface area (Å²) in [5.74, 6) is -3.45. The van der Waals surface area contributed by atoms with E-state index in [0.717, 1.165) is 23.4 Å². The Balaban J connectivity index is 1.74. The minimum atomic E-state index is -3.28. The summed E-state index contributed by atoms with van der Waals surface area (Å²) in [6, 6.07) is 14.4. The molecule has 1 heterocycles. The molecule has 0 spiro atoms. The van der Waals surface area contributed by atoms with Crippen LogP contribution in [0.2, 0.25) is 5.15 Å². The number of ether oxygens (including phenoxy) is 1. The first-order valence-electron chi connectivity index (χ1n) is 9.16. The van der Waals surface area contributed by atoms with Crippen molar-refractivity contribution < 1.29 is 17.9 Å². The Kier molecular flexibility index (Phi) is 6.67. The minimum absolute atomic E-state index is 0.260. The molecule has 3 nitrogen and oxygen atoms in total. The normalized spacial score (nSPS) is 11.7. The molecule has 0 radical (unpaired) electrons. The second kappa shape index (κ2) is 9.22. The smallest absolute Gasteiger partial charge is 0.273 e. The third kappa shape index (κ3) is 5.76. The minimum Gasteiger partial charge on any atom is -0.497 e. The van der Waals surface area contributed by atoms with Crippen LogP contribution in [0.4, 0.5) is 24.5 Å². The number of allylic oxidation sites excluding steroid dienone is 1. The van der Waals surface area contributed by atoms with Gasteiger partial charge in [0.15, 0.2) is 0 Å². The van der Waals surface area contributed by atoms with Gasteiger partial charge in [0.05, 0.1) is 12.7 Å². The zero-order valence-electron chi connectivity index (χ0n) is 16.4. The summed E-state index contributed by atoms with van der Waals surface area (Å²) < 4.78 is 46.0. The lowest BCUT2D eigenvalue weighted by molar-refractivity contribution is 0.0138. The molecule has 0 aliphatic heterocycles. The third-order valence-corrected chi connectivity index (χ3v) is 4.52. The maximum absolute atomic E-state index is 13.7. The van der Waals surface area contributed by atoms with Crippen molar-refractivity contribution in [3.05, 3.63) is 88.5 Å². The van der Waals surface area contributed by atoms with Gasteiger partial charge in [0, 0.05) is 30.4 Å². The van der Waals surface area contributed by atoms with Gasteiger partial charge in [0.25, 0.3) is 5.92 Å². The number of hydrogen-bond donors (Lipinski definition) is 1. The molecule has 1 N–H and O–H groups in total. The van der Waals surface area contributed by atoms with Crippen molar-refractivity contribution in [2.75, 3.05) is 12.4 Å². The van der Waals surface area contributed by atoms with Gasteiger partial charge in [-0.2, -0.15) is 0 Å². The van der Waals surface area contributed by atoms with Gasteiger partial charge in [-0.25, -0.2) is 18.2 Å². The van der Waals surface area contributed by atoms with Crippen LogP contribution < -0.4 is 10.1 Å². The number of methoxy groups -OCH3 is 1. The number of aromatic nitrogens is 1. The predicted octanol–water partition coefficient (Wildman–Crippen LogP) is 6.99. The predicted molar refractivity (Wildman–Crippen MR) is 114 cm³/mol. The first-order valence-corrected chi connectivity index (χ1v) is 9.54. The van der Waals surface area contributed by atoms with Crippen LogP contribution >= 0.6 is 11.6 Å². The van der Waals surface area contributed by atoms with Gasteiger partial charge in [0.1, 0.15) is 16.7 Å². The van der Waals surface area contributed by atoms with E-state index in [-0.39, 0.29) is 5.15 Å². The first-order chi connectivity index (χ1) is 14.2. The van der Waals surface area contributed by atoms with Gasteiger partial charge in [-0.05, 0) is 48.0 Å². The van der Waals surface area contributed by atoms with Gasteiger partial charge >= 0.3 is 0 Å². The van der Waals surface area contributed by atoms with E-state index in [1.807, 2.05) is 36.4 Å². The second-order valence-electron chi connectivity index (χ2n) is 6.76. The molecule has 156 valence electrons. The molecule has 0 saturated heterocycles. The molecule has 0 aliphatic carbocycles. The van der Waals surface area contributed by atoms with E-state index >= 15 is 0 Å². The summed E-state index contributed by atoms with van der Waals surface area (Å²) in [6.45, 7) is 0.658. The molecule has 0 atom stereocenters. The van der Waals surface area contributed by atoms with Crippen molar-refractivity contribution in [2.24, 2.45) is 0 Å². The zero-order valence-corrected chi connectivity index (χ0v) is 17.2. The zero-order chi connectivity index (χ0) is 21.7. The van der Waals surface area contributed by atoms with Crippen molar-refractivity contribution in [2.45, 2.75) is 19.3 Å². The Labute approximate surface area is 178 Å². The van der Waals surface area contributed by atoms with E-state index in [9.17, 15) is 13.2 Å². The number of hydrogen-bond acceptors (Lipinski definition) is 3. The molecule has 0 saturated carbocycles. The molecule has 2 aromatic carbocycles. The standard InChI is InChI=1S/C23H20ClF3N2O/c1-23(26,27)20-13-17(8-11-21(20)25)28-18-12-16(29-22(24)14-18)5-3-4-15-6-9-19(30-2)10-7-15/h3-4,6-14H,5H2,1-2H3,(H,28,29)/b4-3+. The maximum Gasteiger partial charge on any atom is 0.273 e. The van der Waals surface area contributed by atoms with Gasteiger partial charge in [-0.3, -0.25) is 0 Å². The second-order valence-corrected chi connectivity index (χ2v) is 7.14. The molecule has 3 rings (SSSR count). The molecular formula is C23H20ClF3N2O. The number of benzene rings is 2. The molecule has 3 aromatic rings. The highest BCUT2D eigenvalue weighted by molar-refractivity contribution is 6.29. The van der Waals surface area contributed by atoms with Crippen LogP contribution in [-0.2, 0) is 12.3 Å². The molecule has 0 bridgehead atoms. The SMILES string of the molecule is COc1ccc(/C=C/Cc2cc(Nc3ccc(F)c(C(C)(F)F)c3)cc(Cl)n2)cc1. The Morgan fingerprint density at radius 1 is 1.07 bits per heavy atom. The quantitative estimate of drug-likeness (QED) is 0.408. The molecule has 1 aromatic heterocycles. The summed E-state index contributed by atoms with van der Waals surface area (Å²) in [4.78, 5) is 4.28. The number of halogens is 4. The molecule has 30 heavy (non-hydrogen) atoms. The van der Waals surface area contributed by atoms with E-state index in [1.165, 1.54) is 6.07 Å². The van der Waals surface area contributed by atoms with E-state index in [0.29, 0.717) is 30.4 Å². The van der Waals surface area contributed by atoms with E-state index in [4.69, 9.17) is 16.3 Å². The highest BCUT2D eigenvalue weighted by Crippen LogP contribution is 2.32. The largest absolute Gasteiger partial charge is 0.497 e. The van der Waals surface area contributed by atoms with Crippen LogP contribution in [0.15, 0.2) is 60.7 Å². The van der Waals surface area contributed by atoms with Crippen LogP contribution in [0.3, 0.4) is 0 Å². The summed E-state index contributed by atoms with van der Waals surface area (Å²) in [7, 11) is 1.61. The molecule has 0 unspecified atom stereocenters. The fraction of sp³-hybridized carbons (Fsp3) is 0.174. The van der Waals surface area contributed by atoms with Crippen LogP contribution in [0.25, 0.3) is 6.08 Å². The molecule has 0 amide bonds. The van der Waals surface area contributed by atoms with Crippen LogP contribution in [0, 0.1) is 5.82 Å². The third-order valence-electron chi connectivity index (χ3n) is 4.33. The summed E-state index contributed by atoms with van der Waals surface area (Å²) in [5, 5.41) is 3.24. The van der Waals surface area contributed by atoms with Crippen molar-refractivity contribution in [3.63, 3.8) is 0 Å². The highest BCUT2D eigenvalue weighted by Gasteiger charge is 2.28. The van der Waals surface area contributed by atoms with Crippen LogP contribution in [0.5, 0.6) is 5.75 Å². The highest BCUT2D eigenvalue weighted by atomic mass is 35.5. The first kappa shape index (κ1) is 21.7. The number of nitrogens with one attached hydrogen (secondary N) is 1. The van der Waals surface area contributed by atoms with E-state index in [1.54, 1.807) is 19.2 Å². The van der Waals surface area contributed by atoms with Gasteiger partial charge < -0.3 is 10.1 Å². The number of anilines is 2. The molecule has 0 fully saturated rings. The van der Waals surface area contributed by atoms with Crippen molar-refractivity contribution in [1.29, 1.82) is 0 Å². The van der Waals surface area contributed by atoms with Crippen LogP contribution in [-0.4, -0.2) is 12.1 Å². The van der Waals surface area contributed by atoms with E-state index in [2.05, 4.69) is 10.3 Å². The fourth-order valence-electron chi connectivity index (χ4n) is 2.86. The van der Waals surface area contributed by atoms with Gasteiger partial charge in [-0.15, -0.1) is 0 Å². The number of alkyl halides is 2.